The van der Waals surface area contributed by atoms with E-state index in [1.54, 1.807) is 6.20 Å². The highest BCUT2D eigenvalue weighted by atomic mass is 16.1. The van der Waals surface area contributed by atoms with Crippen molar-refractivity contribution in [1.82, 2.24) is 14.9 Å². The summed E-state index contributed by atoms with van der Waals surface area (Å²) in [5, 5.41) is 6.34. The van der Waals surface area contributed by atoms with Crippen molar-refractivity contribution in [3.63, 3.8) is 0 Å². The Morgan fingerprint density at radius 2 is 2.18 bits per heavy atom. The Labute approximate surface area is 131 Å². The fraction of sp³-hybridized carbons (Fsp3) is 0.412. The minimum absolute atomic E-state index is 0.0203. The van der Waals surface area contributed by atoms with Crippen LogP contribution in [0.3, 0.4) is 0 Å². The summed E-state index contributed by atoms with van der Waals surface area (Å²) in [6, 6.07) is 5.90. The summed E-state index contributed by atoms with van der Waals surface area (Å²) >= 11 is 0. The molecule has 0 radical (unpaired) electrons. The summed E-state index contributed by atoms with van der Waals surface area (Å²) in [5.41, 5.74) is 2.76. The SMILES string of the molecule is CC[C@H](C)NC(=O)c1ccc(NCc2nccn2C)c(C)c1. The number of carbonyl (C=O) groups is 1. The van der Waals surface area contributed by atoms with Crippen LogP contribution in [0.1, 0.15) is 42.0 Å². The number of aromatic nitrogens is 2. The molecule has 0 saturated heterocycles. The van der Waals surface area contributed by atoms with Gasteiger partial charge in [0.25, 0.3) is 5.91 Å². The van der Waals surface area contributed by atoms with Crippen LogP contribution in [-0.4, -0.2) is 21.5 Å². The highest BCUT2D eigenvalue weighted by Crippen LogP contribution is 2.17. The molecule has 1 aromatic heterocycles. The van der Waals surface area contributed by atoms with Crippen molar-refractivity contribution < 1.29 is 4.79 Å². The summed E-state index contributed by atoms with van der Waals surface area (Å²) < 4.78 is 1.98. The van der Waals surface area contributed by atoms with Crippen LogP contribution in [0, 0.1) is 6.92 Å². The number of amides is 1. The Bertz CT molecular complexity index is 648. The number of imidazole rings is 1. The van der Waals surface area contributed by atoms with Gasteiger partial charge in [-0.15, -0.1) is 0 Å². The van der Waals surface area contributed by atoms with Crippen LogP contribution < -0.4 is 10.6 Å². The monoisotopic (exact) mass is 300 g/mol. The summed E-state index contributed by atoms with van der Waals surface area (Å²) in [6.45, 7) is 6.72. The van der Waals surface area contributed by atoms with Crippen molar-refractivity contribution in [2.24, 2.45) is 7.05 Å². The lowest BCUT2D eigenvalue weighted by molar-refractivity contribution is 0.0939. The van der Waals surface area contributed by atoms with Gasteiger partial charge in [-0.3, -0.25) is 4.79 Å². The molecule has 0 unspecified atom stereocenters. The molecule has 22 heavy (non-hydrogen) atoms. The highest BCUT2D eigenvalue weighted by Gasteiger charge is 2.10. The summed E-state index contributed by atoms with van der Waals surface area (Å²) in [4.78, 5) is 16.4. The Morgan fingerprint density at radius 1 is 1.41 bits per heavy atom. The Kier molecular flexibility index (Phi) is 5.20. The quantitative estimate of drug-likeness (QED) is 0.862. The first-order chi connectivity index (χ1) is 10.5. The fourth-order valence-corrected chi connectivity index (χ4v) is 2.15. The molecule has 0 aliphatic heterocycles. The molecular weight excluding hydrogens is 276 g/mol. The van der Waals surface area contributed by atoms with Crippen LogP contribution in [0.5, 0.6) is 0 Å². The molecule has 0 fully saturated rings. The maximum Gasteiger partial charge on any atom is 0.251 e. The van der Waals surface area contributed by atoms with Gasteiger partial charge in [0, 0.05) is 36.7 Å². The van der Waals surface area contributed by atoms with Gasteiger partial charge in [-0.2, -0.15) is 0 Å². The highest BCUT2D eigenvalue weighted by molar-refractivity contribution is 5.95. The van der Waals surface area contributed by atoms with E-state index in [-0.39, 0.29) is 11.9 Å². The lowest BCUT2D eigenvalue weighted by Crippen LogP contribution is -2.31. The molecule has 0 bridgehead atoms. The fourth-order valence-electron chi connectivity index (χ4n) is 2.15. The van der Waals surface area contributed by atoms with Gasteiger partial charge in [-0.05, 0) is 44.0 Å². The molecule has 5 heteroatoms. The third-order valence-corrected chi connectivity index (χ3v) is 3.84. The first-order valence-corrected chi connectivity index (χ1v) is 7.62. The minimum Gasteiger partial charge on any atom is -0.378 e. The molecular formula is C17H24N4O. The third kappa shape index (κ3) is 3.87. The molecule has 1 amide bonds. The zero-order chi connectivity index (χ0) is 16.1. The van der Waals surface area contributed by atoms with Crippen molar-refractivity contribution >= 4 is 11.6 Å². The van der Waals surface area contributed by atoms with Gasteiger partial charge in [-0.25, -0.2) is 4.98 Å². The van der Waals surface area contributed by atoms with E-state index in [2.05, 4.69) is 22.5 Å². The second-order valence-electron chi connectivity index (χ2n) is 5.62. The molecule has 1 atom stereocenters. The van der Waals surface area contributed by atoms with Crippen LogP contribution in [0.15, 0.2) is 30.6 Å². The largest absolute Gasteiger partial charge is 0.378 e. The number of hydrogen-bond acceptors (Lipinski definition) is 3. The lowest BCUT2D eigenvalue weighted by Gasteiger charge is -2.14. The van der Waals surface area contributed by atoms with E-state index in [9.17, 15) is 4.79 Å². The second kappa shape index (κ2) is 7.11. The van der Waals surface area contributed by atoms with Crippen molar-refractivity contribution in [3.05, 3.63) is 47.5 Å². The summed E-state index contributed by atoms with van der Waals surface area (Å²) in [7, 11) is 1.97. The van der Waals surface area contributed by atoms with Crippen LogP contribution in [0.2, 0.25) is 0 Å². The first-order valence-electron chi connectivity index (χ1n) is 7.62. The van der Waals surface area contributed by atoms with Crippen molar-refractivity contribution in [2.45, 2.75) is 39.8 Å². The molecule has 0 aliphatic carbocycles. The number of benzene rings is 1. The molecule has 1 heterocycles. The van der Waals surface area contributed by atoms with E-state index < -0.39 is 0 Å². The average Bonchev–Trinajstić information content (AvgIpc) is 2.91. The molecule has 2 rings (SSSR count). The van der Waals surface area contributed by atoms with E-state index in [0.717, 1.165) is 23.5 Å². The normalized spacial score (nSPS) is 12.0. The maximum atomic E-state index is 12.1. The number of hydrogen-bond donors (Lipinski definition) is 2. The van der Waals surface area contributed by atoms with Gasteiger partial charge in [0.1, 0.15) is 5.82 Å². The van der Waals surface area contributed by atoms with E-state index >= 15 is 0 Å². The number of rotatable bonds is 6. The van der Waals surface area contributed by atoms with Gasteiger partial charge >= 0.3 is 0 Å². The van der Waals surface area contributed by atoms with Crippen LogP contribution >= 0.6 is 0 Å². The van der Waals surface area contributed by atoms with Crippen molar-refractivity contribution in [1.29, 1.82) is 0 Å². The van der Waals surface area contributed by atoms with Crippen LogP contribution in [0.25, 0.3) is 0 Å². The maximum absolute atomic E-state index is 12.1. The van der Waals surface area contributed by atoms with E-state index in [0.29, 0.717) is 12.1 Å². The molecule has 0 spiro atoms. The van der Waals surface area contributed by atoms with Gasteiger partial charge in [-0.1, -0.05) is 6.92 Å². The van der Waals surface area contributed by atoms with Crippen molar-refractivity contribution in [3.8, 4) is 0 Å². The van der Waals surface area contributed by atoms with Gasteiger partial charge < -0.3 is 15.2 Å². The predicted molar refractivity (Wildman–Crippen MR) is 88.9 cm³/mol. The van der Waals surface area contributed by atoms with Gasteiger partial charge in [0.05, 0.1) is 6.54 Å². The average molecular weight is 300 g/mol. The van der Waals surface area contributed by atoms with Crippen LogP contribution in [0.4, 0.5) is 5.69 Å². The molecule has 1 aromatic carbocycles. The molecule has 0 saturated carbocycles. The zero-order valence-corrected chi connectivity index (χ0v) is 13.7. The van der Waals surface area contributed by atoms with E-state index in [1.165, 1.54) is 0 Å². The molecule has 118 valence electrons. The minimum atomic E-state index is -0.0203. The molecule has 2 aromatic rings. The number of anilines is 1. The van der Waals surface area contributed by atoms with Gasteiger partial charge in [0.2, 0.25) is 0 Å². The van der Waals surface area contributed by atoms with Gasteiger partial charge in [0.15, 0.2) is 0 Å². The Balaban J connectivity index is 2.03. The van der Waals surface area contributed by atoms with E-state index in [4.69, 9.17) is 0 Å². The smallest absolute Gasteiger partial charge is 0.251 e. The van der Waals surface area contributed by atoms with Crippen molar-refractivity contribution in [2.75, 3.05) is 5.32 Å². The topological polar surface area (TPSA) is 59.0 Å². The molecule has 2 N–H and O–H groups in total. The molecule has 5 nitrogen and oxygen atoms in total. The summed E-state index contributed by atoms with van der Waals surface area (Å²) in [6.07, 6.45) is 4.63. The number of carbonyl (C=O) groups excluding carboxylic acids is 1. The molecule has 0 aliphatic rings. The van der Waals surface area contributed by atoms with Crippen LogP contribution in [-0.2, 0) is 13.6 Å². The number of nitrogens with one attached hydrogen (secondary N) is 2. The first kappa shape index (κ1) is 16.1. The number of aryl methyl sites for hydroxylation is 2. The summed E-state index contributed by atoms with van der Waals surface area (Å²) in [5.74, 6) is 0.950. The Morgan fingerprint density at radius 3 is 2.77 bits per heavy atom. The van der Waals surface area contributed by atoms with E-state index in [1.807, 2.05) is 49.9 Å². The second-order valence-corrected chi connectivity index (χ2v) is 5.62. The third-order valence-electron chi connectivity index (χ3n) is 3.84. The predicted octanol–water partition coefficient (Wildman–Crippen LogP) is 2.87. The number of nitrogens with zero attached hydrogens (tertiary/aromatic N) is 2. The standard InChI is InChI=1S/C17H24N4O/c1-5-13(3)20-17(22)14-6-7-15(12(2)10-14)19-11-16-18-8-9-21(16)4/h6-10,13,19H,5,11H2,1-4H3,(H,20,22)/t13-/m0/s1. The zero-order valence-electron chi connectivity index (χ0n) is 13.7. The Hall–Kier alpha value is -2.30. The lowest BCUT2D eigenvalue weighted by atomic mass is 10.1.